The summed E-state index contributed by atoms with van der Waals surface area (Å²) < 4.78 is 3.77. The molecule has 0 saturated heterocycles. The summed E-state index contributed by atoms with van der Waals surface area (Å²) in [7, 11) is 1.94. The monoisotopic (exact) mass is 262 g/mol. The van der Waals surface area contributed by atoms with E-state index in [0.29, 0.717) is 0 Å². The molecule has 104 valence electrons. The highest BCUT2D eigenvalue weighted by Crippen LogP contribution is 2.15. The molecule has 1 unspecified atom stereocenters. The smallest absolute Gasteiger partial charge is 0.138 e. The van der Waals surface area contributed by atoms with Crippen LogP contribution in [0.2, 0.25) is 0 Å². The van der Waals surface area contributed by atoms with Crippen molar-refractivity contribution in [1.29, 1.82) is 0 Å². The minimum Gasteiger partial charge on any atom is -0.308 e. The van der Waals surface area contributed by atoms with E-state index in [1.807, 2.05) is 22.6 Å². The van der Waals surface area contributed by atoms with Gasteiger partial charge in [0.15, 0.2) is 0 Å². The Hall–Kier alpha value is -1.69. The molecule has 0 bridgehead atoms. The van der Waals surface area contributed by atoms with Crippen molar-refractivity contribution >= 4 is 0 Å². The summed E-state index contributed by atoms with van der Waals surface area (Å²) in [5.41, 5.74) is 1.06. The minimum absolute atomic E-state index is 0.190. The second-order valence-electron chi connectivity index (χ2n) is 4.62. The molecule has 0 aliphatic rings. The Morgan fingerprint density at radius 1 is 1.37 bits per heavy atom. The minimum atomic E-state index is 0.190. The summed E-state index contributed by atoms with van der Waals surface area (Å²) in [5.74, 6) is 1.00. The van der Waals surface area contributed by atoms with Gasteiger partial charge in [0.2, 0.25) is 0 Å². The predicted octanol–water partition coefficient (Wildman–Crippen LogP) is 1.31. The van der Waals surface area contributed by atoms with Crippen molar-refractivity contribution in [3.05, 3.63) is 30.1 Å². The summed E-state index contributed by atoms with van der Waals surface area (Å²) in [6.07, 6.45) is 5.50. The first-order chi connectivity index (χ1) is 9.24. The molecule has 6 heteroatoms. The van der Waals surface area contributed by atoms with Crippen LogP contribution in [-0.4, -0.2) is 31.1 Å². The van der Waals surface area contributed by atoms with Gasteiger partial charge in [0, 0.05) is 26.2 Å². The van der Waals surface area contributed by atoms with Crippen LogP contribution in [0.25, 0.3) is 0 Å². The number of rotatable bonds is 7. The molecule has 6 nitrogen and oxygen atoms in total. The van der Waals surface area contributed by atoms with E-state index in [0.717, 1.165) is 37.4 Å². The largest absolute Gasteiger partial charge is 0.308 e. The first kappa shape index (κ1) is 13.7. The first-order valence-corrected chi connectivity index (χ1v) is 6.84. The van der Waals surface area contributed by atoms with Crippen molar-refractivity contribution < 1.29 is 0 Å². The summed E-state index contributed by atoms with van der Waals surface area (Å²) in [6.45, 7) is 6.06. The molecule has 0 fully saturated rings. The number of hydrogen-bond donors (Lipinski definition) is 1. The van der Waals surface area contributed by atoms with Crippen molar-refractivity contribution in [2.45, 2.75) is 39.3 Å². The maximum absolute atomic E-state index is 4.50. The van der Waals surface area contributed by atoms with Gasteiger partial charge in [0.25, 0.3) is 0 Å². The van der Waals surface area contributed by atoms with Crippen molar-refractivity contribution in [1.82, 2.24) is 29.9 Å². The Morgan fingerprint density at radius 3 is 2.84 bits per heavy atom. The molecule has 0 aliphatic carbocycles. The molecular formula is C13H22N6. The van der Waals surface area contributed by atoms with Crippen LogP contribution >= 0.6 is 0 Å². The summed E-state index contributed by atoms with van der Waals surface area (Å²) in [5, 5.41) is 12.2. The lowest BCUT2D eigenvalue weighted by molar-refractivity contribution is 0.483. The lowest BCUT2D eigenvalue weighted by atomic mass is 10.1. The summed E-state index contributed by atoms with van der Waals surface area (Å²) >= 11 is 0. The standard InChI is InChI=1S/C13H22N6/c1-4-7-14-12(11-6-8-18(3)17-11)9-13-15-10-16-19(13)5-2/h6,8,10,12,14H,4-5,7,9H2,1-3H3. The Labute approximate surface area is 113 Å². The van der Waals surface area contributed by atoms with Crippen molar-refractivity contribution in [2.24, 2.45) is 7.05 Å². The molecule has 0 spiro atoms. The third-order valence-electron chi connectivity index (χ3n) is 3.11. The fraction of sp³-hybridized carbons (Fsp3) is 0.615. The fourth-order valence-electron chi connectivity index (χ4n) is 2.11. The van der Waals surface area contributed by atoms with Gasteiger partial charge in [-0.1, -0.05) is 6.92 Å². The van der Waals surface area contributed by atoms with Crippen LogP contribution in [0.5, 0.6) is 0 Å². The van der Waals surface area contributed by atoms with E-state index in [9.17, 15) is 0 Å². The molecule has 19 heavy (non-hydrogen) atoms. The molecule has 2 aromatic heterocycles. The van der Waals surface area contributed by atoms with Crippen LogP contribution in [0.15, 0.2) is 18.6 Å². The molecule has 2 aromatic rings. The van der Waals surface area contributed by atoms with Gasteiger partial charge in [-0.2, -0.15) is 10.2 Å². The Balaban J connectivity index is 2.14. The zero-order valence-corrected chi connectivity index (χ0v) is 11.9. The van der Waals surface area contributed by atoms with Crippen LogP contribution in [0.4, 0.5) is 0 Å². The van der Waals surface area contributed by atoms with E-state index in [2.05, 4.69) is 40.4 Å². The second-order valence-corrected chi connectivity index (χ2v) is 4.62. The van der Waals surface area contributed by atoms with E-state index >= 15 is 0 Å². The number of nitrogens with zero attached hydrogens (tertiary/aromatic N) is 5. The highest BCUT2D eigenvalue weighted by Gasteiger charge is 2.17. The molecule has 0 amide bonds. The number of aryl methyl sites for hydroxylation is 2. The molecular weight excluding hydrogens is 240 g/mol. The quantitative estimate of drug-likeness (QED) is 0.817. The lowest BCUT2D eigenvalue weighted by Gasteiger charge is -2.16. The molecule has 2 heterocycles. The van der Waals surface area contributed by atoms with Crippen molar-refractivity contribution in [3.8, 4) is 0 Å². The van der Waals surface area contributed by atoms with Gasteiger partial charge in [0.05, 0.1) is 11.7 Å². The SMILES string of the molecule is CCCNC(Cc1ncnn1CC)c1ccn(C)n1. The van der Waals surface area contributed by atoms with Crippen LogP contribution in [0.1, 0.15) is 37.8 Å². The van der Waals surface area contributed by atoms with Gasteiger partial charge in [-0.05, 0) is 26.0 Å². The number of nitrogens with one attached hydrogen (secondary N) is 1. The molecule has 1 N–H and O–H groups in total. The Morgan fingerprint density at radius 2 is 2.21 bits per heavy atom. The van der Waals surface area contributed by atoms with Gasteiger partial charge < -0.3 is 5.32 Å². The van der Waals surface area contributed by atoms with E-state index in [-0.39, 0.29) is 6.04 Å². The molecule has 2 rings (SSSR count). The zero-order valence-electron chi connectivity index (χ0n) is 11.9. The highest BCUT2D eigenvalue weighted by molar-refractivity contribution is 5.08. The van der Waals surface area contributed by atoms with Crippen LogP contribution in [0, 0.1) is 0 Å². The van der Waals surface area contributed by atoms with Crippen LogP contribution in [-0.2, 0) is 20.0 Å². The van der Waals surface area contributed by atoms with Gasteiger partial charge >= 0.3 is 0 Å². The van der Waals surface area contributed by atoms with E-state index < -0.39 is 0 Å². The third kappa shape index (κ3) is 3.41. The molecule has 0 aliphatic heterocycles. The molecule has 1 atom stereocenters. The van der Waals surface area contributed by atoms with Gasteiger partial charge in [-0.3, -0.25) is 9.36 Å². The normalized spacial score (nSPS) is 12.8. The van der Waals surface area contributed by atoms with Crippen LogP contribution in [0.3, 0.4) is 0 Å². The maximum Gasteiger partial charge on any atom is 0.138 e. The average Bonchev–Trinajstić information content (AvgIpc) is 3.02. The van der Waals surface area contributed by atoms with Crippen LogP contribution < -0.4 is 5.32 Å². The first-order valence-electron chi connectivity index (χ1n) is 6.84. The van der Waals surface area contributed by atoms with E-state index in [4.69, 9.17) is 0 Å². The number of hydrogen-bond acceptors (Lipinski definition) is 4. The third-order valence-corrected chi connectivity index (χ3v) is 3.11. The lowest BCUT2D eigenvalue weighted by Crippen LogP contribution is -2.26. The van der Waals surface area contributed by atoms with Gasteiger partial charge in [0.1, 0.15) is 12.2 Å². The highest BCUT2D eigenvalue weighted by atomic mass is 15.3. The van der Waals surface area contributed by atoms with Gasteiger partial charge in [-0.15, -0.1) is 0 Å². The van der Waals surface area contributed by atoms with E-state index in [1.165, 1.54) is 0 Å². The molecule has 0 aromatic carbocycles. The Bertz CT molecular complexity index is 501. The molecule has 0 saturated carbocycles. The average molecular weight is 262 g/mol. The number of aromatic nitrogens is 5. The zero-order chi connectivity index (χ0) is 13.7. The van der Waals surface area contributed by atoms with Gasteiger partial charge in [-0.25, -0.2) is 4.98 Å². The molecule has 0 radical (unpaired) electrons. The van der Waals surface area contributed by atoms with Crippen molar-refractivity contribution in [2.75, 3.05) is 6.54 Å². The van der Waals surface area contributed by atoms with Crippen molar-refractivity contribution in [3.63, 3.8) is 0 Å². The maximum atomic E-state index is 4.50. The topological polar surface area (TPSA) is 60.6 Å². The Kier molecular flexibility index (Phi) is 4.68. The fourth-order valence-corrected chi connectivity index (χ4v) is 2.11. The summed E-state index contributed by atoms with van der Waals surface area (Å²) in [4.78, 5) is 4.34. The summed E-state index contributed by atoms with van der Waals surface area (Å²) in [6, 6.07) is 2.25. The van der Waals surface area contributed by atoms with E-state index in [1.54, 1.807) is 6.33 Å². The second kappa shape index (κ2) is 6.47. The predicted molar refractivity (Wildman–Crippen MR) is 73.6 cm³/mol.